The highest BCUT2D eigenvalue weighted by atomic mass is 32.2. The van der Waals surface area contributed by atoms with Gasteiger partial charge in [-0.1, -0.05) is 6.58 Å². The van der Waals surface area contributed by atoms with Crippen LogP contribution in [0.3, 0.4) is 0 Å². The van der Waals surface area contributed by atoms with Crippen molar-refractivity contribution in [2.45, 2.75) is 55.5 Å². The predicted octanol–water partition coefficient (Wildman–Crippen LogP) is 5.32. The lowest BCUT2D eigenvalue weighted by Crippen LogP contribution is -2.59. The number of esters is 1. The van der Waals surface area contributed by atoms with Crippen LogP contribution in [0.4, 0.5) is 49.6 Å². The second-order valence-corrected chi connectivity index (χ2v) is 9.28. The van der Waals surface area contributed by atoms with Crippen LogP contribution in [-0.2, 0) is 35.4 Å². The van der Waals surface area contributed by atoms with Crippen molar-refractivity contribution >= 4 is 27.7 Å². The van der Waals surface area contributed by atoms with Crippen LogP contribution >= 0.6 is 0 Å². The predicted molar refractivity (Wildman–Crippen MR) is 111 cm³/mol. The van der Waals surface area contributed by atoms with Crippen molar-refractivity contribution in [2.24, 2.45) is 0 Å². The number of anilines is 1. The van der Waals surface area contributed by atoms with Gasteiger partial charge in [0.2, 0.25) is 0 Å². The molecule has 0 saturated carbocycles. The van der Waals surface area contributed by atoms with Crippen molar-refractivity contribution in [2.75, 3.05) is 11.9 Å². The number of carbonyl (C=O) groups excluding carboxylic acids is 2. The molecule has 0 aromatic heterocycles. The normalized spacial score (nSPS) is 14.9. The molecule has 39 heavy (non-hydrogen) atoms. The summed E-state index contributed by atoms with van der Waals surface area (Å²) in [6, 6.07) is 1.90. The van der Waals surface area contributed by atoms with Crippen molar-refractivity contribution in [3.63, 3.8) is 0 Å². The topological polar surface area (TPSA) is 119 Å². The summed E-state index contributed by atoms with van der Waals surface area (Å²) in [7, 11) is -6.56. The van der Waals surface area contributed by atoms with Crippen LogP contribution in [0.15, 0.2) is 36.4 Å². The van der Waals surface area contributed by atoms with Crippen molar-refractivity contribution in [3.8, 4) is 0 Å². The maximum atomic E-state index is 14.0. The van der Waals surface area contributed by atoms with Gasteiger partial charge in [-0.25, -0.2) is 4.79 Å². The van der Waals surface area contributed by atoms with Crippen LogP contribution in [0.25, 0.3) is 0 Å². The zero-order valence-corrected chi connectivity index (χ0v) is 20.2. The molecule has 1 rings (SSSR count). The second-order valence-electron chi connectivity index (χ2n) is 7.82. The van der Waals surface area contributed by atoms with E-state index < -0.39 is 94.0 Å². The number of hydrogen-bond acceptors (Lipinski definition) is 6. The van der Waals surface area contributed by atoms with Gasteiger partial charge in [0, 0.05) is 17.7 Å². The summed E-state index contributed by atoms with van der Waals surface area (Å²) in [5.74, 6) is -14.0. The first-order valence-corrected chi connectivity index (χ1v) is 11.6. The maximum absolute atomic E-state index is 14.0. The molecule has 0 radical (unpaired) electrons. The molecule has 0 aliphatic carbocycles. The summed E-state index contributed by atoms with van der Waals surface area (Å²) in [6.45, 7) is 2.51. The van der Waals surface area contributed by atoms with Crippen molar-refractivity contribution < 1.29 is 75.9 Å². The minimum Gasteiger partial charge on any atom is -0.412 e. The van der Waals surface area contributed by atoms with E-state index >= 15 is 0 Å². The maximum Gasteiger partial charge on any atom is 0.466 e. The Labute approximate surface area is 213 Å². The van der Waals surface area contributed by atoms with Gasteiger partial charge in [-0.05, 0) is 44.0 Å². The monoisotopic (exact) mass is 607 g/mol. The number of halogens is 10. The molecule has 2 N–H and O–H groups in total. The molecule has 19 heteroatoms. The number of rotatable bonds is 12. The van der Waals surface area contributed by atoms with E-state index in [-0.39, 0.29) is 0 Å². The smallest absolute Gasteiger partial charge is 0.412 e. The van der Waals surface area contributed by atoms with Gasteiger partial charge in [-0.15, -0.1) is 0 Å². The lowest BCUT2D eigenvalue weighted by molar-refractivity contribution is -0.345. The fourth-order valence-electron chi connectivity index (χ4n) is 2.58. The first-order chi connectivity index (χ1) is 17.4. The molecule has 0 bridgehead atoms. The van der Waals surface area contributed by atoms with Crippen LogP contribution in [0.5, 0.6) is 0 Å². The van der Waals surface area contributed by atoms with Crippen LogP contribution in [-0.4, -0.2) is 54.6 Å². The first-order valence-electron chi connectivity index (χ1n) is 10.2. The molecule has 0 spiro atoms. The SMILES string of the molecule is C=C(C)C(=O)OC(OCCCCC(F)(F)C(F)(F)S(=O)(=O)O)(C(=O)Nc1ccc(C(F)(F)F)cc1)C(F)(F)F. The summed E-state index contributed by atoms with van der Waals surface area (Å²) >= 11 is 0. The van der Waals surface area contributed by atoms with Crippen LogP contribution in [0.2, 0.25) is 0 Å². The Balaban J connectivity index is 3.18. The number of hydrogen-bond donors (Lipinski definition) is 2. The average Bonchev–Trinajstić information content (AvgIpc) is 2.75. The molecular formula is C20H19F10NO7S. The second kappa shape index (κ2) is 11.7. The van der Waals surface area contributed by atoms with Crippen LogP contribution in [0.1, 0.15) is 31.7 Å². The summed E-state index contributed by atoms with van der Waals surface area (Å²) in [4.78, 5) is 24.5. The van der Waals surface area contributed by atoms with E-state index in [1.165, 1.54) is 0 Å². The summed E-state index contributed by atoms with van der Waals surface area (Å²) < 4.78 is 172. The zero-order valence-electron chi connectivity index (χ0n) is 19.4. The quantitative estimate of drug-likeness (QED) is 0.0824. The zero-order chi connectivity index (χ0) is 30.7. The molecule has 1 aromatic carbocycles. The highest BCUT2D eigenvalue weighted by molar-refractivity contribution is 7.87. The van der Waals surface area contributed by atoms with E-state index in [1.807, 2.05) is 0 Å². The Morgan fingerprint density at radius 1 is 0.949 bits per heavy atom. The fraction of sp³-hybridized carbons (Fsp3) is 0.500. The molecule has 8 nitrogen and oxygen atoms in total. The van der Waals surface area contributed by atoms with Crippen LogP contribution < -0.4 is 5.32 Å². The Morgan fingerprint density at radius 2 is 1.46 bits per heavy atom. The third kappa shape index (κ3) is 8.04. The Kier molecular flexibility index (Phi) is 10.2. The fourth-order valence-corrected chi connectivity index (χ4v) is 3.06. The molecule has 1 amide bonds. The van der Waals surface area contributed by atoms with Gasteiger partial charge in [0.1, 0.15) is 0 Å². The van der Waals surface area contributed by atoms with Gasteiger partial charge in [-0.2, -0.15) is 52.3 Å². The van der Waals surface area contributed by atoms with Gasteiger partial charge in [-0.3, -0.25) is 9.35 Å². The Hall–Kier alpha value is -2.93. The lowest BCUT2D eigenvalue weighted by atomic mass is 10.1. The molecule has 0 heterocycles. The minimum absolute atomic E-state index is 0.397. The third-order valence-electron chi connectivity index (χ3n) is 4.67. The van der Waals surface area contributed by atoms with Gasteiger partial charge >= 0.3 is 51.3 Å². The largest absolute Gasteiger partial charge is 0.466 e. The molecule has 0 aliphatic heterocycles. The number of alkyl halides is 10. The van der Waals surface area contributed by atoms with E-state index in [0.717, 1.165) is 6.92 Å². The van der Waals surface area contributed by atoms with Gasteiger partial charge < -0.3 is 14.8 Å². The highest BCUT2D eigenvalue weighted by Crippen LogP contribution is 2.42. The standard InChI is InChI=1S/C20H19F10NO7S/c1-11(2)14(32)38-17(19(26,27)28,15(33)31-13-7-5-12(6-8-13)18(23,24)25)37-10-4-3-9-16(21,22)20(29,30)39(34,35)36/h5-8H,1,3-4,9-10H2,2H3,(H,31,33)(H,34,35,36). The summed E-state index contributed by atoms with van der Waals surface area (Å²) in [6.07, 6.45) is -14.9. The minimum atomic E-state index is -6.56. The molecule has 0 aliphatic rings. The Morgan fingerprint density at radius 3 is 1.87 bits per heavy atom. The number of benzene rings is 1. The van der Waals surface area contributed by atoms with Crippen LogP contribution in [0, 0.1) is 0 Å². The molecule has 222 valence electrons. The highest BCUT2D eigenvalue weighted by Gasteiger charge is 2.67. The number of carbonyl (C=O) groups is 2. The van der Waals surface area contributed by atoms with Gasteiger partial charge in [0.05, 0.1) is 12.2 Å². The van der Waals surface area contributed by atoms with Crippen molar-refractivity contribution in [1.82, 2.24) is 0 Å². The van der Waals surface area contributed by atoms with Crippen molar-refractivity contribution in [3.05, 3.63) is 42.0 Å². The lowest BCUT2D eigenvalue weighted by Gasteiger charge is -2.33. The van der Waals surface area contributed by atoms with E-state index in [2.05, 4.69) is 16.1 Å². The summed E-state index contributed by atoms with van der Waals surface area (Å²) in [5, 5.41) is -4.39. The Bertz CT molecular complexity index is 1160. The average molecular weight is 607 g/mol. The molecule has 1 unspecified atom stereocenters. The van der Waals surface area contributed by atoms with Gasteiger partial charge in [0.25, 0.3) is 0 Å². The van der Waals surface area contributed by atoms with E-state index in [9.17, 15) is 61.9 Å². The van der Waals surface area contributed by atoms with Gasteiger partial charge in [0.15, 0.2) is 0 Å². The third-order valence-corrected chi connectivity index (χ3v) is 5.61. The number of ether oxygens (including phenoxy) is 2. The first kappa shape index (κ1) is 34.1. The molecular weight excluding hydrogens is 588 g/mol. The number of amides is 1. The molecule has 0 fully saturated rings. The van der Waals surface area contributed by atoms with Crippen molar-refractivity contribution in [1.29, 1.82) is 0 Å². The number of nitrogens with one attached hydrogen (secondary N) is 1. The number of unbranched alkanes of at least 4 members (excludes halogenated alkanes) is 1. The van der Waals surface area contributed by atoms with E-state index in [0.29, 0.717) is 24.3 Å². The molecule has 1 aromatic rings. The van der Waals surface area contributed by atoms with E-state index in [1.54, 1.807) is 5.32 Å². The molecule has 0 saturated heterocycles. The van der Waals surface area contributed by atoms with E-state index in [4.69, 9.17) is 4.55 Å². The summed E-state index contributed by atoms with van der Waals surface area (Å²) in [5.41, 5.74) is -2.56. The molecule has 1 atom stereocenters.